The second-order valence-corrected chi connectivity index (χ2v) is 8.18. The lowest BCUT2D eigenvalue weighted by Crippen LogP contribution is -2.37. The topological polar surface area (TPSA) is 32.3 Å². The standard InChI is InChI=1S/C25H22ClF3N2O/c26-21-13-5-4-12-20(21)22-14-7-15-31(22)24(32)23(30-19-10-2-1-3-11-19)17-8-6-9-18(16-17)25(27,28)29/h1-6,8-13,16,22-23,30H,7,14-15H2. The van der Waals surface area contributed by atoms with E-state index in [0.29, 0.717) is 17.3 Å². The lowest BCUT2D eigenvalue weighted by molar-refractivity contribution is -0.138. The summed E-state index contributed by atoms with van der Waals surface area (Å²) in [5, 5.41) is 3.72. The van der Waals surface area contributed by atoms with Gasteiger partial charge in [-0.25, -0.2) is 0 Å². The molecule has 1 amide bonds. The van der Waals surface area contributed by atoms with Crippen molar-refractivity contribution in [2.45, 2.75) is 31.1 Å². The van der Waals surface area contributed by atoms with Crippen LogP contribution >= 0.6 is 11.6 Å². The summed E-state index contributed by atoms with van der Waals surface area (Å²) >= 11 is 6.39. The molecule has 2 unspecified atom stereocenters. The predicted molar refractivity (Wildman–Crippen MR) is 119 cm³/mol. The monoisotopic (exact) mass is 458 g/mol. The maximum atomic E-state index is 13.7. The highest BCUT2D eigenvalue weighted by Crippen LogP contribution is 2.38. The number of likely N-dealkylation sites (tertiary alicyclic amines) is 1. The zero-order valence-corrected chi connectivity index (χ0v) is 17.9. The van der Waals surface area contributed by atoms with Crippen LogP contribution in [0.15, 0.2) is 78.9 Å². The second-order valence-electron chi connectivity index (χ2n) is 7.78. The summed E-state index contributed by atoms with van der Waals surface area (Å²) in [7, 11) is 0. The van der Waals surface area contributed by atoms with E-state index in [9.17, 15) is 18.0 Å². The molecule has 1 fully saturated rings. The molecule has 1 N–H and O–H groups in total. The van der Waals surface area contributed by atoms with Crippen molar-refractivity contribution >= 4 is 23.2 Å². The molecule has 2 atom stereocenters. The van der Waals surface area contributed by atoms with Crippen LogP contribution in [-0.2, 0) is 11.0 Å². The van der Waals surface area contributed by atoms with E-state index < -0.39 is 17.8 Å². The fourth-order valence-corrected chi connectivity index (χ4v) is 4.41. The van der Waals surface area contributed by atoms with Crippen LogP contribution in [0.3, 0.4) is 0 Å². The van der Waals surface area contributed by atoms with E-state index in [1.54, 1.807) is 41.3 Å². The van der Waals surface area contributed by atoms with Crippen molar-refractivity contribution in [1.29, 1.82) is 0 Å². The smallest absolute Gasteiger partial charge is 0.370 e. The summed E-state index contributed by atoms with van der Waals surface area (Å²) in [5.74, 6) is -0.282. The number of benzene rings is 3. The molecule has 4 rings (SSSR count). The van der Waals surface area contributed by atoms with Gasteiger partial charge in [-0.15, -0.1) is 0 Å². The molecule has 0 bridgehead atoms. The minimum Gasteiger partial charge on any atom is -0.370 e. The SMILES string of the molecule is O=C(C(Nc1ccccc1)c1cccc(C(F)(F)F)c1)N1CCCC1c1ccccc1Cl. The van der Waals surface area contributed by atoms with Gasteiger partial charge in [0, 0.05) is 17.3 Å². The van der Waals surface area contributed by atoms with Gasteiger partial charge in [0.2, 0.25) is 5.91 Å². The van der Waals surface area contributed by atoms with Gasteiger partial charge < -0.3 is 10.2 Å². The molecule has 1 aliphatic heterocycles. The van der Waals surface area contributed by atoms with Crippen LogP contribution in [0.2, 0.25) is 5.02 Å². The Labute approximate surface area is 189 Å². The molecule has 1 aliphatic rings. The molecule has 0 aromatic heterocycles. The van der Waals surface area contributed by atoms with E-state index >= 15 is 0 Å². The Hall–Kier alpha value is -2.99. The quantitative estimate of drug-likeness (QED) is 0.452. The maximum Gasteiger partial charge on any atom is 0.416 e. The van der Waals surface area contributed by atoms with Gasteiger partial charge in [-0.1, -0.05) is 60.1 Å². The van der Waals surface area contributed by atoms with Crippen molar-refractivity contribution in [2.75, 3.05) is 11.9 Å². The van der Waals surface area contributed by atoms with Crippen LogP contribution in [0, 0.1) is 0 Å². The normalized spacial score (nSPS) is 17.2. The predicted octanol–water partition coefficient (Wildman–Crippen LogP) is 6.88. The van der Waals surface area contributed by atoms with Crippen LogP contribution in [0.1, 0.15) is 41.6 Å². The largest absolute Gasteiger partial charge is 0.416 e. The Bertz CT molecular complexity index is 1090. The van der Waals surface area contributed by atoms with Crippen molar-refractivity contribution < 1.29 is 18.0 Å². The zero-order chi connectivity index (χ0) is 22.7. The highest BCUT2D eigenvalue weighted by Gasteiger charge is 2.37. The molecule has 1 heterocycles. The Kier molecular flexibility index (Phi) is 6.42. The molecule has 3 nitrogen and oxygen atoms in total. The number of carbonyl (C=O) groups is 1. The van der Waals surface area contributed by atoms with E-state index in [1.807, 2.05) is 24.3 Å². The van der Waals surface area contributed by atoms with Gasteiger partial charge in [-0.05, 0) is 54.3 Å². The minimum atomic E-state index is -4.50. The number of alkyl halides is 3. The molecule has 32 heavy (non-hydrogen) atoms. The summed E-state index contributed by atoms with van der Waals surface area (Å²) in [6.45, 7) is 0.515. The molecule has 1 saturated heterocycles. The summed E-state index contributed by atoms with van der Waals surface area (Å²) in [4.78, 5) is 15.5. The molecule has 0 radical (unpaired) electrons. The minimum absolute atomic E-state index is 0.220. The number of para-hydroxylation sites is 1. The van der Waals surface area contributed by atoms with E-state index in [1.165, 1.54) is 6.07 Å². The molecular weight excluding hydrogens is 437 g/mol. The van der Waals surface area contributed by atoms with Crippen LogP contribution in [-0.4, -0.2) is 17.4 Å². The number of rotatable bonds is 5. The molecule has 0 saturated carbocycles. The highest BCUT2D eigenvalue weighted by molar-refractivity contribution is 6.31. The molecule has 166 valence electrons. The Balaban J connectivity index is 1.71. The van der Waals surface area contributed by atoms with Gasteiger partial charge in [0.15, 0.2) is 0 Å². The van der Waals surface area contributed by atoms with Crippen molar-refractivity contribution in [3.8, 4) is 0 Å². The molecule has 3 aromatic rings. The molecular formula is C25H22ClF3N2O. The fourth-order valence-electron chi connectivity index (χ4n) is 4.15. The van der Waals surface area contributed by atoms with Crippen molar-refractivity contribution in [1.82, 2.24) is 4.90 Å². The average Bonchev–Trinajstić information content (AvgIpc) is 3.27. The Morgan fingerprint density at radius 3 is 2.44 bits per heavy atom. The van der Waals surface area contributed by atoms with Gasteiger partial charge in [0.25, 0.3) is 0 Å². The second kappa shape index (κ2) is 9.25. The van der Waals surface area contributed by atoms with Crippen molar-refractivity contribution in [2.24, 2.45) is 0 Å². The maximum absolute atomic E-state index is 13.7. The molecule has 3 aromatic carbocycles. The van der Waals surface area contributed by atoms with Gasteiger partial charge in [-0.2, -0.15) is 13.2 Å². The lowest BCUT2D eigenvalue weighted by atomic mass is 10.00. The third-order valence-electron chi connectivity index (χ3n) is 5.68. The number of nitrogens with zero attached hydrogens (tertiary/aromatic N) is 1. The first-order valence-electron chi connectivity index (χ1n) is 10.4. The number of anilines is 1. The van der Waals surface area contributed by atoms with Crippen LogP contribution in [0.4, 0.5) is 18.9 Å². The van der Waals surface area contributed by atoms with E-state index in [0.717, 1.165) is 30.5 Å². The number of hydrogen-bond donors (Lipinski definition) is 1. The Morgan fingerprint density at radius 2 is 1.72 bits per heavy atom. The van der Waals surface area contributed by atoms with E-state index in [-0.39, 0.29) is 17.5 Å². The first-order valence-corrected chi connectivity index (χ1v) is 10.8. The molecule has 0 aliphatic carbocycles. The van der Waals surface area contributed by atoms with Crippen LogP contribution in [0.25, 0.3) is 0 Å². The number of halogens is 4. The number of amides is 1. The van der Waals surface area contributed by atoms with E-state index in [4.69, 9.17) is 11.6 Å². The van der Waals surface area contributed by atoms with Crippen molar-refractivity contribution in [3.63, 3.8) is 0 Å². The first kappa shape index (κ1) is 22.2. The third-order valence-corrected chi connectivity index (χ3v) is 6.02. The number of nitrogens with one attached hydrogen (secondary N) is 1. The third kappa shape index (κ3) is 4.75. The van der Waals surface area contributed by atoms with Crippen LogP contribution in [0.5, 0.6) is 0 Å². The van der Waals surface area contributed by atoms with E-state index in [2.05, 4.69) is 5.32 Å². The van der Waals surface area contributed by atoms with Gasteiger partial charge in [0.05, 0.1) is 11.6 Å². The zero-order valence-electron chi connectivity index (χ0n) is 17.1. The van der Waals surface area contributed by atoms with Crippen molar-refractivity contribution in [3.05, 3.63) is 101 Å². The molecule has 7 heteroatoms. The lowest BCUT2D eigenvalue weighted by Gasteiger charge is -2.31. The Morgan fingerprint density at radius 1 is 1.00 bits per heavy atom. The van der Waals surface area contributed by atoms with Gasteiger partial charge >= 0.3 is 6.18 Å². The number of carbonyl (C=O) groups excluding carboxylic acids is 1. The molecule has 0 spiro atoms. The summed E-state index contributed by atoms with van der Waals surface area (Å²) in [5.41, 5.74) is 0.976. The van der Waals surface area contributed by atoms with Gasteiger partial charge in [0.1, 0.15) is 6.04 Å². The van der Waals surface area contributed by atoms with Crippen LogP contribution < -0.4 is 5.32 Å². The summed E-state index contributed by atoms with van der Waals surface area (Å²) in [6, 6.07) is 20.1. The summed E-state index contributed by atoms with van der Waals surface area (Å²) in [6.07, 6.45) is -2.96. The first-order chi connectivity index (χ1) is 15.3. The number of hydrogen-bond acceptors (Lipinski definition) is 2. The average molecular weight is 459 g/mol. The highest BCUT2D eigenvalue weighted by atomic mass is 35.5. The van der Waals surface area contributed by atoms with Gasteiger partial charge in [-0.3, -0.25) is 4.79 Å². The summed E-state index contributed by atoms with van der Waals surface area (Å²) < 4.78 is 40.1. The fraction of sp³-hybridized carbons (Fsp3) is 0.240.